The van der Waals surface area contributed by atoms with Gasteiger partial charge in [0, 0.05) is 26.2 Å². The van der Waals surface area contributed by atoms with E-state index in [2.05, 4.69) is 9.97 Å². The van der Waals surface area contributed by atoms with Gasteiger partial charge in [0.05, 0.1) is 38.0 Å². The molecule has 4 atom stereocenters. The number of ether oxygens (including phenoxy) is 4. The number of rotatable bonds is 23. The number of aliphatic hydroxyl groups excluding tert-OH is 2. The predicted octanol–water partition coefficient (Wildman–Crippen LogP) is 7.14. The van der Waals surface area contributed by atoms with Crippen molar-refractivity contribution < 1.29 is 54.8 Å². The van der Waals surface area contributed by atoms with Gasteiger partial charge in [-0.15, -0.1) is 0 Å². The first-order valence-electron chi connectivity index (χ1n) is 20.8. The molecule has 0 spiro atoms. The maximum absolute atomic E-state index is 14.0. The molecule has 0 bridgehead atoms. The molecule has 66 heavy (non-hydrogen) atoms. The summed E-state index contributed by atoms with van der Waals surface area (Å²) in [4.78, 5) is 7.78. The largest absolute Gasteiger partial charge is 0.497 e. The molecule has 0 aliphatic rings. The van der Waals surface area contributed by atoms with Crippen molar-refractivity contribution in [3.8, 4) is 23.0 Å². The third-order valence-electron chi connectivity index (χ3n) is 10.9. The molecule has 6 rings (SSSR count). The van der Waals surface area contributed by atoms with E-state index in [0.717, 1.165) is 24.5 Å². The summed E-state index contributed by atoms with van der Waals surface area (Å²) >= 11 is 0. The highest BCUT2D eigenvalue weighted by molar-refractivity contribution is 7.90. The Balaban J connectivity index is 1.06. The summed E-state index contributed by atoms with van der Waals surface area (Å²) in [6.07, 6.45) is -1.18. The van der Waals surface area contributed by atoms with E-state index in [1.54, 1.807) is 97.1 Å². The Labute approximate surface area is 384 Å². The highest BCUT2D eigenvalue weighted by Gasteiger charge is 2.37. The number of halogens is 2. The first-order chi connectivity index (χ1) is 31.6. The summed E-state index contributed by atoms with van der Waals surface area (Å²) in [5, 5.41) is 19.4. The molecule has 0 saturated heterocycles. The van der Waals surface area contributed by atoms with Crippen LogP contribution < -0.4 is 18.9 Å². The fraction of sp³-hybridized carbons (Fsp3) is 0.292. The Morgan fingerprint density at radius 2 is 0.773 bits per heavy atom. The molecule has 0 aliphatic heterocycles. The minimum atomic E-state index is -4.16. The van der Waals surface area contributed by atoms with Gasteiger partial charge in [-0.3, -0.25) is 9.97 Å². The predicted molar refractivity (Wildman–Crippen MR) is 243 cm³/mol. The van der Waals surface area contributed by atoms with Crippen LogP contribution in [0.2, 0.25) is 0 Å². The van der Waals surface area contributed by atoms with Gasteiger partial charge in [0.25, 0.3) is 0 Å². The molecule has 18 heteroatoms. The minimum Gasteiger partial charge on any atom is -0.497 e. The summed E-state index contributed by atoms with van der Waals surface area (Å²) < 4.78 is 108. The molecule has 0 amide bonds. The number of hydrogen-bond acceptors (Lipinski definition) is 12. The van der Waals surface area contributed by atoms with Gasteiger partial charge in [-0.2, -0.15) is 8.61 Å². The zero-order chi connectivity index (χ0) is 47.4. The van der Waals surface area contributed by atoms with Crippen LogP contribution in [0.3, 0.4) is 0 Å². The molecule has 2 heterocycles. The van der Waals surface area contributed by atoms with Crippen LogP contribution in [0.1, 0.15) is 59.7 Å². The fourth-order valence-electron chi connectivity index (χ4n) is 6.85. The van der Waals surface area contributed by atoms with Crippen molar-refractivity contribution in [2.45, 2.75) is 62.7 Å². The summed E-state index contributed by atoms with van der Waals surface area (Å²) in [6.45, 7) is 3.06. The van der Waals surface area contributed by atoms with Crippen LogP contribution in [0.15, 0.2) is 134 Å². The molecule has 14 nitrogen and oxygen atoms in total. The van der Waals surface area contributed by atoms with E-state index in [4.69, 9.17) is 18.9 Å². The van der Waals surface area contributed by atoms with E-state index < -0.39 is 54.4 Å². The second-order valence-electron chi connectivity index (χ2n) is 15.4. The molecule has 0 saturated carbocycles. The number of pyridine rings is 2. The van der Waals surface area contributed by atoms with E-state index in [-0.39, 0.29) is 50.8 Å². The van der Waals surface area contributed by atoms with Crippen molar-refractivity contribution in [2.75, 3.05) is 27.4 Å². The van der Waals surface area contributed by atoms with Crippen molar-refractivity contribution in [3.63, 3.8) is 0 Å². The van der Waals surface area contributed by atoms with Crippen molar-refractivity contribution in [1.29, 1.82) is 0 Å². The fourth-order valence-corrected chi connectivity index (χ4v) is 10.0. The second kappa shape index (κ2) is 22.4. The molecule has 0 radical (unpaired) electrons. The molecule has 0 aliphatic carbocycles. The zero-order valence-electron chi connectivity index (χ0n) is 36.8. The van der Waals surface area contributed by atoms with Gasteiger partial charge in [0.1, 0.15) is 70.6 Å². The standard InChI is InChI=1S/C48H52F2N4O10S2/c1-33(47(55)45-23-13-39(49)27-51-45)65(57,58)53(29-35-5-15-41(61-3)16-6-35)31-37-9-19-43(20-10-37)63-25-26-64-44-21-11-38(12-22-44)32-54(30-36-7-17-42(62-4)18-8-36)66(59,60)34(2)48(56)46-24-14-40(50)28-52-46/h5-24,27-28,33-34,47-48,55-56H,25-26,29-32H2,1-4H3/t33-,34+,47+,48-. The van der Waals surface area contributed by atoms with E-state index >= 15 is 0 Å². The quantitative estimate of drug-likeness (QED) is 0.0622. The van der Waals surface area contributed by atoms with Crippen LogP contribution >= 0.6 is 0 Å². The maximum atomic E-state index is 14.0. The smallest absolute Gasteiger partial charge is 0.220 e. The van der Waals surface area contributed by atoms with Gasteiger partial charge >= 0.3 is 0 Å². The minimum absolute atomic E-state index is 0.00202. The monoisotopic (exact) mass is 946 g/mol. The first-order valence-corrected chi connectivity index (χ1v) is 23.8. The normalized spacial score (nSPS) is 13.8. The third-order valence-corrected chi connectivity index (χ3v) is 15.2. The van der Waals surface area contributed by atoms with Crippen LogP contribution in [0.25, 0.3) is 0 Å². The van der Waals surface area contributed by atoms with Gasteiger partial charge < -0.3 is 29.2 Å². The van der Waals surface area contributed by atoms with E-state index in [1.807, 2.05) is 0 Å². The van der Waals surface area contributed by atoms with Gasteiger partial charge in [0.15, 0.2) is 0 Å². The van der Waals surface area contributed by atoms with Gasteiger partial charge in [0.2, 0.25) is 20.0 Å². The van der Waals surface area contributed by atoms with Crippen molar-refractivity contribution in [1.82, 2.24) is 18.6 Å². The molecule has 4 aromatic carbocycles. The van der Waals surface area contributed by atoms with Crippen LogP contribution in [0.4, 0.5) is 8.78 Å². The number of hydrogen-bond donors (Lipinski definition) is 2. The third kappa shape index (κ3) is 12.9. The summed E-state index contributed by atoms with van der Waals surface area (Å²) in [5.74, 6) is 1.03. The van der Waals surface area contributed by atoms with Gasteiger partial charge in [-0.25, -0.2) is 25.6 Å². The molecular formula is C48H52F2N4O10S2. The Bertz CT molecular complexity index is 2490. The summed E-state index contributed by atoms with van der Waals surface area (Å²) in [7, 11) is -5.24. The van der Waals surface area contributed by atoms with Crippen LogP contribution in [-0.2, 0) is 46.2 Å². The molecule has 2 aromatic heterocycles. The Morgan fingerprint density at radius 3 is 1.03 bits per heavy atom. The van der Waals surface area contributed by atoms with Crippen LogP contribution in [-0.4, -0.2) is 83.6 Å². The molecular weight excluding hydrogens is 895 g/mol. The van der Waals surface area contributed by atoms with E-state index in [0.29, 0.717) is 45.3 Å². The van der Waals surface area contributed by atoms with Crippen LogP contribution in [0.5, 0.6) is 23.0 Å². The van der Waals surface area contributed by atoms with Crippen molar-refractivity contribution >= 4 is 20.0 Å². The maximum Gasteiger partial charge on any atom is 0.220 e. The van der Waals surface area contributed by atoms with E-state index in [1.165, 1.54) is 48.8 Å². The Hall–Kier alpha value is -6.02. The lowest BCUT2D eigenvalue weighted by molar-refractivity contribution is 0.167. The number of aliphatic hydroxyl groups is 2. The molecule has 0 unspecified atom stereocenters. The summed E-state index contributed by atoms with van der Waals surface area (Å²) in [5.41, 5.74) is 2.76. The van der Waals surface area contributed by atoms with Crippen LogP contribution in [0, 0.1) is 11.6 Å². The lowest BCUT2D eigenvalue weighted by atomic mass is 10.2. The summed E-state index contributed by atoms with van der Waals surface area (Å²) in [6, 6.07) is 32.5. The Morgan fingerprint density at radius 1 is 0.485 bits per heavy atom. The number of benzene rings is 4. The number of methoxy groups -OCH3 is 2. The zero-order valence-corrected chi connectivity index (χ0v) is 38.4. The highest BCUT2D eigenvalue weighted by Crippen LogP contribution is 2.29. The average Bonchev–Trinajstić information content (AvgIpc) is 3.33. The lowest BCUT2D eigenvalue weighted by Crippen LogP contribution is -2.39. The lowest BCUT2D eigenvalue weighted by Gasteiger charge is -2.28. The highest BCUT2D eigenvalue weighted by atomic mass is 32.2. The number of sulfonamides is 2. The SMILES string of the molecule is COc1ccc(CN(Cc2ccc(OCCOc3ccc(CN(Cc4ccc(OC)cc4)S(=O)(=O)[C@@H](C)[C@@H](O)c4ccc(F)cn4)cc3)cc2)S(=O)(=O)[C@H](C)[C@H](O)c2ccc(F)cn2)cc1. The van der Waals surface area contributed by atoms with Crippen molar-refractivity contribution in [2.24, 2.45) is 0 Å². The Kier molecular flexibility index (Phi) is 16.8. The topological polar surface area (TPSA) is 178 Å². The van der Waals surface area contributed by atoms with Gasteiger partial charge in [-0.1, -0.05) is 48.5 Å². The van der Waals surface area contributed by atoms with Crippen molar-refractivity contribution in [3.05, 3.63) is 179 Å². The molecule has 0 fully saturated rings. The first kappa shape index (κ1) is 49.4. The van der Waals surface area contributed by atoms with E-state index in [9.17, 15) is 35.8 Å². The molecule has 2 N–H and O–H groups in total. The second-order valence-corrected chi connectivity index (χ2v) is 20.0. The molecule has 6 aromatic rings. The average molecular weight is 947 g/mol. The molecule has 350 valence electrons. The number of aromatic nitrogens is 2. The number of nitrogens with zero attached hydrogens (tertiary/aromatic N) is 4. The van der Waals surface area contributed by atoms with Gasteiger partial charge in [-0.05, 0) is 109 Å².